The highest BCUT2D eigenvalue weighted by molar-refractivity contribution is 7.89. The zero-order valence-corrected chi connectivity index (χ0v) is 21.7. The average molecular weight is 526 g/mol. The smallest absolute Gasteiger partial charge is 0.409 e. The third-order valence-corrected chi connectivity index (χ3v) is 8.16. The van der Waals surface area contributed by atoms with Crippen molar-refractivity contribution >= 4 is 38.5 Å². The van der Waals surface area contributed by atoms with Crippen LogP contribution in [0.2, 0.25) is 0 Å². The third kappa shape index (κ3) is 5.61. The van der Waals surface area contributed by atoms with Crippen molar-refractivity contribution in [1.82, 2.24) is 9.62 Å². The number of piperidine rings is 1. The van der Waals surface area contributed by atoms with Crippen molar-refractivity contribution in [3.05, 3.63) is 71.8 Å². The highest BCUT2D eigenvalue weighted by atomic mass is 32.2. The maximum atomic E-state index is 13.4. The number of sulfonamides is 1. The molecule has 0 aliphatic carbocycles. The standard InChI is InChI=1S/C27H31N3O6S/c1-3-36-27(33)30-16-14-20(15-17-30)28-37(34,35)25-13-12-24(22-10-6-7-11-23(22)25)29(2)26(32)21-9-5-4-8-19(21)18-31/h4-13,20,28,31H,3,14-18H2,1-2H3. The van der Waals surface area contributed by atoms with Gasteiger partial charge in [-0.1, -0.05) is 42.5 Å². The van der Waals surface area contributed by atoms with Crippen LogP contribution >= 0.6 is 0 Å². The minimum absolute atomic E-state index is 0.122. The molecule has 2 amide bonds. The topological polar surface area (TPSA) is 116 Å². The predicted octanol–water partition coefficient (Wildman–Crippen LogP) is 3.51. The van der Waals surface area contributed by atoms with Crippen molar-refractivity contribution in [2.24, 2.45) is 0 Å². The van der Waals surface area contributed by atoms with Crippen molar-refractivity contribution < 1.29 is 27.9 Å². The van der Waals surface area contributed by atoms with Gasteiger partial charge < -0.3 is 19.6 Å². The summed E-state index contributed by atoms with van der Waals surface area (Å²) in [6.45, 7) is 2.60. The lowest BCUT2D eigenvalue weighted by atomic mass is 10.0. The van der Waals surface area contributed by atoms with Gasteiger partial charge >= 0.3 is 6.09 Å². The predicted molar refractivity (Wildman–Crippen MR) is 141 cm³/mol. The first-order valence-electron chi connectivity index (χ1n) is 12.2. The number of benzene rings is 3. The van der Waals surface area contributed by atoms with E-state index in [4.69, 9.17) is 4.74 Å². The second kappa shape index (κ2) is 11.3. The van der Waals surface area contributed by atoms with Crippen LogP contribution in [0.5, 0.6) is 0 Å². The molecule has 0 bridgehead atoms. The molecule has 9 nitrogen and oxygen atoms in total. The van der Waals surface area contributed by atoms with Crippen LogP contribution in [0, 0.1) is 0 Å². The first-order valence-corrected chi connectivity index (χ1v) is 13.7. The maximum absolute atomic E-state index is 13.4. The number of nitrogens with zero attached hydrogens (tertiary/aromatic N) is 2. The molecular formula is C27H31N3O6S. The molecule has 0 radical (unpaired) electrons. The molecule has 0 unspecified atom stereocenters. The van der Waals surface area contributed by atoms with Crippen LogP contribution in [-0.2, 0) is 21.4 Å². The summed E-state index contributed by atoms with van der Waals surface area (Å²) in [5, 5.41) is 10.8. The van der Waals surface area contributed by atoms with Crippen LogP contribution in [-0.4, -0.2) is 63.2 Å². The first-order chi connectivity index (χ1) is 17.8. The average Bonchev–Trinajstić information content (AvgIpc) is 2.91. The number of likely N-dealkylation sites (tertiary alicyclic amines) is 1. The van der Waals surface area contributed by atoms with E-state index in [0.717, 1.165) is 0 Å². The van der Waals surface area contributed by atoms with E-state index in [1.807, 2.05) is 0 Å². The summed E-state index contributed by atoms with van der Waals surface area (Å²) >= 11 is 0. The molecule has 2 N–H and O–H groups in total. The minimum Gasteiger partial charge on any atom is -0.450 e. The van der Waals surface area contributed by atoms with Gasteiger partial charge in [0.2, 0.25) is 10.0 Å². The fraction of sp³-hybridized carbons (Fsp3) is 0.333. The Hall–Kier alpha value is -3.47. The summed E-state index contributed by atoms with van der Waals surface area (Å²) in [7, 11) is -2.25. The Kier molecular flexibility index (Phi) is 8.11. The molecule has 196 valence electrons. The summed E-state index contributed by atoms with van der Waals surface area (Å²) in [6, 6.07) is 16.7. The lowest BCUT2D eigenvalue weighted by molar-refractivity contribution is 0.0963. The monoisotopic (exact) mass is 525 g/mol. The molecule has 0 spiro atoms. The molecule has 4 rings (SSSR count). The fourth-order valence-corrected chi connectivity index (χ4v) is 6.13. The number of aliphatic hydroxyl groups is 1. The van der Waals surface area contributed by atoms with E-state index in [-0.39, 0.29) is 29.5 Å². The number of rotatable bonds is 7. The molecule has 1 fully saturated rings. The number of hydrogen-bond donors (Lipinski definition) is 2. The highest BCUT2D eigenvalue weighted by Gasteiger charge is 2.29. The Morgan fingerprint density at radius 1 is 1.03 bits per heavy atom. The van der Waals surface area contributed by atoms with E-state index in [1.165, 1.54) is 11.0 Å². The molecule has 1 saturated heterocycles. The fourth-order valence-electron chi connectivity index (χ4n) is 4.62. The van der Waals surface area contributed by atoms with Crippen LogP contribution in [0.1, 0.15) is 35.7 Å². The number of nitrogens with one attached hydrogen (secondary N) is 1. The molecule has 3 aromatic rings. The van der Waals surface area contributed by atoms with Gasteiger partial charge in [-0.05, 0) is 43.5 Å². The van der Waals surface area contributed by atoms with Crippen LogP contribution in [0.15, 0.2) is 65.6 Å². The quantitative estimate of drug-likeness (QED) is 0.488. The number of hydrogen-bond acceptors (Lipinski definition) is 6. The third-order valence-electron chi connectivity index (χ3n) is 6.58. The van der Waals surface area contributed by atoms with Crippen molar-refractivity contribution in [2.75, 3.05) is 31.6 Å². The maximum Gasteiger partial charge on any atom is 0.409 e. The molecule has 0 saturated carbocycles. The van der Waals surface area contributed by atoms with Gasteiger partial charge in [0.15, 0.2) is 0 Å². The second-order valence-corrected chi connectivity index (χ2v) is 10.6. The molecule has 0 atom stereocenters. The molecule has 37 heavy (non-hydrogen) atoms. The van der Waals surface area contributed by atoms with E-state index in [0.29, 0.717) is 60.1 Å². The minimum atomic E-state index is -3.88. The van der Waals surface area contributed by atoms with Gasteiger partial charge in [0.05, 0.1) is 23.8 Å². The van der Waals surface area contributed by atoms with E-state index < -0.39 is 10.0 Å². The van der Waals surface area contributed by atoms with Gasteiger partial charge in [-0.15, -0.1) is 0 Å². The Morgan fingerprint density at radius 3 is 2.35 bits per heavy atom. The Bertz CT molecular complexity index is 1400. The zero-order chi connectivity index (χ0) is 26.6. The number of carbonyl (C=O) groups is 2. The number of anilines is 1. The Labute approximate surface area is 216 Å². The number of fused-ring (bicyclic) bond motifs is 1. The second-order valence-electron chi connectivity index (χ2n) is 8.89. The summed E-state index contributed by atoms with van der Waals surface area (Å²) in [5.41, 5.74) is 1.44. The van der Waals surface area contributed by atoms with E-state index in [2.05, 4.69) is 4.72 Å². The lowest BCUT2D eigenvalue weighted by Gasteiger charge is -2.31. The van der Waals surface area contributed by atoms with Gasteiger partial charge in [0.25, 0.3) is 5.91 Å². The molecular weight excluding hydrogens is 494 g/mol. The van der Waals surface area contributed by atoms with Crippen LogP contribution in [0.4, 0.5) is 10.5 Å². The summed E-state index contributed by atoms with van der Waals surface area (Å²) < 4.78 is 34.7. The largest absolute Gasteiger partial charge is 0.450 e. The van der Waals surface area contributed by atoms with Gasteiger partial charge in [0.1, 0.15) is 0 Å². The zero-order valence-electron chi connectivity index (χ0n) is 20.9. The number of amides is 2. The van der Waals surface area contributed by atoms with E-state index in [1.54, 1.807) is 73.5 Å². The van der Waals surface area contributed by atoms with Gasteiger partial charge in [-0.3, -0.25) is 4.79 Å². The van der Waals surface area contributed by atoms with Crippen LogP contribution in [0.25, 0.3) is 10.8 Å². The number of aliphatic hydroxyl groups excluding tert-OH is 1. The van der Waals surface area contributed by atoms with Gasteiger partial charge in [-0.2, -0.15) is 0 Å². The van der Waals surface area contributed by atoms with Crippen molar-refractivity contribution in [1.29, 1.82) is 0 Å². The van der Waals surface area contributed by atoms with Crippen LogP contribution in [0.3, 0.4) is 0 Å². The summed E-state index contributed by atoms with van der Waals surface area (Å²) in [4.78, 5) is 28.4. The van der Waals surface area contributed by atoms with E-state index >= 15 is 0 Å². The molecule has 10 heteroatoms. The molecule has 3 aromatic carbocycles. The SMILES string of the molecule is CCOC(=O)N1CCC(NS(=O)(=O)c2ccc(N(C)C(=O)c3ccccc3CO)c3ccccc23)CC1. The lowest BCUT2D eigenvalue weighted by Crippen LogP contribution is -2.46. The van der Waals surface area contributed by atoms with Crippen molar-refractivity contribution in [2.45, 2.75) is 37.3 Å². The Morgan fingerprint density at radius 2 is 1.68 bits per heavy atom. The van der Waals surface area contributed by atoms with Crippen LogP contribution < -0.4 is 9.62 Å². The molecule has 0 aromatic heterocycles. The molecule has 1 aliphatic rings. The van der Waals surface area contributed by atoms with E-state index in [9.17, 15) is 23.1 Å². The highest BCUT2D eigenvalue weighted by Crippen LogP contribution is 2.32. The van der Waals surface area contributed by atoms with Crippen molar-refractivity contribution in [3.8, 4) is 0 Å². The first kappa shape index (κ1) is 26.6. The number of carbonyl (C=O) groups excluding carboxylic acids is 2. The van der Waals surface area contributed by atoms with Gasteiger partial charge in [0, 0.05) is 42.5 Å². The molecule has 1 heterocycles. The van der Waals surface area contributed by atoms with Crippen molar-refractivity contribution in [3.63, 3.8) is 0 Å². The van der Waals surface area contributed by atoms with Gasteiger partial charge in [-0.25, -0.2) is 17.9 Å². The Balaban J connectivity index is 1.59. The summed E-state index contributed by atoms with van der Waals surface area (Å²) in [5.74, 6) is -0.308. The summed E-state index contributed by atoms with van der Waals surface area (Å²) in [6.07, 6.45) is 0.580. The molecule has 1 aliphatic heterocycles. The normalized spacial score (nSPS) is 14.5. The number of ether oxygens (including phenoxy) is 1.